The van der Waals surface area contributed by atoms with Crippen LogP contribution in [0.3, 0.4) is 0 Å². The zero-order chi connectivity index (χ0) is 18.7. The van der Waals surface area contributed by atoms with Crippen molar-refractivity contribution in [2.24, 2.45) is 0 Å². The van der Waals surface area contributed by atoms with Gasteiger partial charge in [-0.1, -0.05) is 17.7 Å². The van der Waals surface area contributed by atoms with Crippen molar-refractivity contribution >= 4 is 17.3 Å². The summed E-state index contributed by atoms with van der Waals surface area (Å²) in [5.41, 5.74) is 0.840. The lowest BCUT2D eigenvalue weighted by molar-refractivity contribution is -0.137. The standard InChI is InChI=1S/C19H19F3N2O2/c1-13-2-4-14(5-3-13)18(25)23-15-6-7-17(16(12-15)19(20,21)22)24-8-10-26-11-9-24/h2-7,12H,8-11H2,1H3,(H,23,25). The molecule has 4 nitrogen and oxygen atoms in total. The van der Waals surface area contributed by atoms with Crippen LogP contribution < -0.4 is 10.2 Å². The summed E-state index contributed by atoms with van der Waals surface area (Å²) in [6.07, 6.45) is -4.52. The fraction of sp³-hybridized carbons (Fsp3) is 0.316. The van der Waals surface area contributed by atoms with Crippen molar-refractivity contribution in [2.75, 3.05) is 36.5 Å². The number of nitrogens with one attached hydrogen (secondary N) is 1. The van der Waals surface area contributed by atoms with Gasteiger partial charge in [-0.25, -0.2) is 0 Å². The number of nitrogens with zero attached hydrogens (tertiary/aromatic N) is 1. The van der Waals surface area contributed by atoms with Crippen molar-refractivity contribution in [3.63, 3.8) is 0 Å². The summed E-state index contributed by atoms with van der Waals surface area (Å²) >= 11 is 0. The van der Waals surface area contributed by atoms with Gasteiger partial charge in [0.15, 0.2) is 0 Å². The summed E-state index contributed by atoms with van der Waals surface area (Å²) in [4.78, 5) is 13.9. The molecule has 7 heteroatoms. The smallest absolute Gasteiger partial charge is 0.378 e. The molecule has 0 saturated carbocycles. The van der Waals surface area contributed by atoms with Crippen LogP contribution in [0.5, 0.6) is 0 Å². The Morgan fingerprint density at radius 2 is 1.73 bits per heavy atom. The molecule has 1 N–H and O–H groups in total. The molecule has 1 amide bonds. The highest BCUT2D eigenvalue weighted by Gasteiger charge is 2.35. The number of aryl methyl sites for hydroxylation is 1. The monoisotopic (exact) mass is 364 g/mol. The van der Waals surface area contributed by atoms with Gasteiger partial charge in [0.05, 0.1) is 18.8 Å². The van der Waals surface area contributed by atoms with Crippen molar-refractivity contribution in [1.82, 2.24) is 0 Å². The van der Waals surface area contributed by atoms with Gasteiger partial charge in [-0.3, -0.25) is 4.79 Å². The van der Waals surface area contributed by atoms with E-state index in [4.69, 9.17) is 4.74 Å². The van der Waals surface area contributed by atoms with E-state index in [0.29, 0.717) is 31.9 Å². The number of benzene rings is 2. The number of amides is 1. The first-order chi connectivity index (χ1) is 12.3. The Bertz CT molecular complexity index is 782. The predicted molar refractivity (Wildman–Crippen MR) is 93.6 cm³/mol. The van der Waals surface area contributed by atoms with Crippen LogP contribution in [0.4, 0.5) is 24.5 Å². The van der Waals surface area contributed by atoms with E-state index >= 15 is 0 Å². The van der Waals surface area contributed by atoms with E-state index in [1.165, 1.54) is 12.1 Å². The number of anilines is 2. The van der Waals surface area contributed by atoms with Crippen molar-refractivity contribution in [3.8, 4) is 0 Å². The van der Waals surface area contributed by atoms with Gasteiger partial charge in [-0.05, 0) is 37.3 Å². The molecule has 1 aliphatic rings. The largest absolute Gasteiger partial charge is 0.418 e. The van der Waals surface area contributed by atoms with Gasteiger partial charge in [0.25, 0.3) is 5.91 Å². The fourth-order valence-corrected chi connectivity index (χ4v) is 2.83. The molecule has 0 unspecified atom stereocenters. The van der Waals surface area contributed by atoms with E-state index in [0.717, 1.165) is 11.6 Å². The van der Waals surface area contributed by atoms with Gasteiger partial charge < -0.3 is 15.0 Å². The number of halogens is 3. The van der Waals surface area contributed by atoms with Crippen LogP contribution in [0.15, 0.2) is 42.5 Å². The lowest BCUT2D eigenvalue weighted by atomic mass is 10.1. The zero-order valence-corrected chi connectivity index (χ0v) is 14.3. The van der Waals surface area contributed by atoms with Crippen LogP contribution in [-0.2, 0) is 10.9 Å². The first-order valence-electron chi connectivity index (χ1n) is 8.26. The molecular formula is C19H19F3N2O2. The highest BCUT2D eigenvalue weighted by atomic mass is 19.4. The maximum absolute atomic E-state index is 13.5. The second-order valence-electron chi connectivity index (χ2n) is 6.15. The minimum Gasteiger partial charge on any atom is -0.378 e. The highest BCUT2D eigenvalue weighted by Crippen LogP contribution is 2.38. The van der Waals surface area contributed by atoms with Gasteiger partial charge in [0.1, 0.15) is 0 Å². The molecule has 2 aromatic carbocycles. The third kappa shape index (κ3) is 4.16. The first-order valence-corrected chi connectivity index (χ1v) is 8.26. The maximum atomic E-state index is 13.5. The summed E-state index contributed by atoms with van der Waals surface area (Å²) in [6.45, 7) is 3.48. The van der Waals surface area contributed by atoms with Gasteiger partial charge in [0.2, 0.25) is 0 Å². The number of hydrogen-bond acceptors (Lipinski definition) is 3. The third-order valence-electron chi connectivity index (χ3n) is 4.23. The van der Waals surface area contributed by atoms with Crippen molar-refractivity contribution < 1.29 is 22.7 Å². The number of morpholine rings is 1. The first kappa shape index (κ1) is 18.3. The summed E-state index contributed by atoms with van der Waals surface area (Å²) in [5.74, 6) is -0.447. The fourth-order valence-electron chi connectivity index (χ4n) is 2.83. The van der Waals surface area contributed by atoms with Crippen LogP contribution >= 0.6 is 0 Å². The van der Waals surface area contributed by atoms with Crippen molar-refractivity contribution in [2.45, 2.75) is 13.1 Å². The van der Waals surface area contributed by atoms with E-state index in [9.17, 15) is 18.0 Å². The molecule has 1 fully saturated rings. The van der Waals surface area contributed by atoms with Gasteiger partial charge in [-0.2, -0.15) is 13.2 Å². The van der Waals surface area contributed by atoms with Crippen LogP contribution in [0.2, 0.25) is 0 Å². The molecule has 1 heterocycles. The molecule has 3 rings (SSSR count). The highest BCUT2D eigenvalue weighted by molar-refractivity contribution is 6.04. The molecular weight excluding hydrogens is 345 g/mol. The topological polar surface area (TPSA) is 41.6 Å². The molecule has 26 heavy (non-hydrogen) atoms. The second kappa shape index (κ2) is 7.37. The average molecular weight is 364 g/mol. The Morgan fingerprint density at radius 1 is 1.08 bits per heavy atom. The Kier molecular flexibility index (Phi) is 5.18. The van der Waals surface area contributed by atoms with Gasteiger partial charge in [-0.15, -0.1) is 0 Å². The molecule has 2 aromatic rings. The van der Waals surface area contributed by atoms with Crippen LogP contribution in [-0.4, -0.2) is 32.2 Å². The third-order valence-corrected chi connectivity index (χ3v) is 4.23. The summed E-state index contributed by atoms with van der Waals surface area (Å²) in [5, 5.41) is 2.54. The van der Waals surface area contributed by atoms with Crippen molar-refractivity contribution in [3.05, 3.63) is 59.2 Å². The number of ether oxygens (including phenoxy) is 1. The average Bonchev–Trinajstić information content (AvgIpc) is 2.62. The molecule has 0 radical (unpaired) electrons. The molecule has 0 bridgehead atoms. The van der Waals surface area contributed by atoms with Crippen LogP contribution in [0, 0.1) is 6.92 Å². The normalized spacial score (nSPS) is 15.0. The van der Waals surface area contributed by atoms with E-state index in [1.807, 2.05) is 6.92 Å². The van der Waals surface area contributed by atoms with E-state index < -0.39 is 17.6 Å². The lowest BCUT2D eigenvalue weighted by Crippen LogP contribution is -2.37. The minimum absolute atomic E-state index is 0.106. The second-order valence-corrected chi connectivity index (χ2v) is 6.15. The Labute approximate surface area is 149 Å². The summed E-state index contributed by atoms with van der Waals surface area (Å²) in [6, 6.07) is 10.7. The summed E-state index contributed by atoms with van der Waals surface area (Å²) in [7, 11) is 0. The van der Waals surface area contributed by atoms with E-state index in [-0.39, 0.29) is 11.4 Å². The molecule has 0 atom stereocenters. The maximum Gasteiger partial charge on any atom is 0.418 e. The van der Waals surface area contributed by atoms with Crippen molar-refractivity contribution in [1.29, 1.82) is 0 Å². The molecule has 0 aromatic heterocycles. The number of carbonyl (C=O) groups excluding carboxylic acids is 1. The number of hydrogen-bond donors (Lipinski definition) is 1. The zero-order valence-electron chi connectivity index (χ0n) is 14.3. The molecule has 0 spiro atoms. The molecule has 0 aliphatic carbocycles. The molecule has 1 saturated heterocycles. The predicted octanol–water partition coefficient (Wildman–Crippen LogP) is 4.10. The quantitative estimate of drug-likeness (QED) is 0.892. The van der Waals surface area contributed by atoms with Crippen LogP contribution in [0.25, 0.3) is 0 Å². The number of alkyl halides is 3. The van der Waals surface area contributed by atoms with Crippen LogP contribution in [0.1, 0.15) is 21.5 Å². The number of rotatable bonds is 3. The Balaban J connectivity index is 1.86. The molecule has 1 aliphatic heterocycles. The Hall–Kier alpha value is -2.54. The van der Waals surface area contributed by atoms with E-state index in [2.05, 4.69) is 5.32 Å². The molecule has 138 valence electrons. The minimum atomic E-state index is -4.52. The lowest BCUT2D eigenvalue weighted by Gasteiger charge is -2.31. The van der Waals surface area contributed by atoms with Gasteiger partial charge >= 0.3 is 6.18 Å². The summed E-state index contributed by atoms with van der Waals surface area (Å²) < 4.78 is 45.8. The number of carbonyl (C=O) groups is 1. The van der Waals surface area contributed by atoms with Gasteiger partial charge in [0, 0.05) is 30.0 Å². The van der Waals surface area contributed by atoms with E-state index in [1.54, 1.807) is 29.2 Å². The SMILES string of the molecule is Cc1ccc(C(=O)Nc2ccc(N3CCOCC3)c(C(F)(F)F)c2)cc1. The Morgan fingerprint density at radius 3 is 2.35 bits per heavy atom.